The fourth-order valence-electron chi connectivity index (χ4n) is 1.62. The summed E-state index contributed by atoms with van der Waals surface area (Å²) < 4.78 is 26.3. The van der Waals surface area contributed by atoms with E-state index in [9.17, 15) is 9.59 Å². The first-order chi connectivity index (χ1) is 9.82. The van der Waals surface area contributed by atoms with Gasteiger partial charge in [0.15, 0.2) is 0 Å². The highest BCUT2D eigenvalue weighted by Gasteiger charge is 2.51. The van der Waals surface area contributed by atoms with Gasteiger partial charge in [-0.15, -0.1) is 0 Å². The summed E-state index contributed by atoms with van der Waals surface area (Å²) in [6.45, 7) is 8.25. The Labute approximate surface area is 126 Å². The molecule has 0 aromatic heterocycles. The third-order valence-corrected chi connectivity index (χ3v) is 5.69. The highest BCUT2D eigenvalue weighted by atomic mass is 28.4. The molecule has 122 valence electrons. The molecule has 0 aliphatic rings. The molecule has 0 aromatic carbocycles. The van der Waals surface area contributed by atoms with Crippen molar-refractivity contribution in [2.24, 2.45) is 0 Å². The number of hydrogen-bond acceptors (Lipinski definition) is 7. The minimum absolute atomic E-state index is 0.117. The van der Waals surface area contributed by atoms with Crippen molar-refractivity contribution in [3.63, 3.8) is 0 Å². The van der Waals surface area contributed by atoms with E-state index in [1.165, 1.54) is 21.1 Å². The molecule has 0 fully saturated rings. The monoisotopic (exact) mass is 320 g/mol. The Morgan fingerprint density at radius 3 is 2.19 bits per heavy atom. The lowest BCUT2D eigenvalue weighted by Crippen LogP contribution is -2.56. The molecule has 0 amide bonds. The van der Waals surface area contributed by atoms with Gasteiger partial charge in [-0.1, -0.05) is 19.9 Å². The van der Waals surface area contributed by atoms with Crippen LogP contribution in [0.15, 0.2) is 12.7 Å². The molecule has 1 unspecified atom stereocenters. The molecule has 0 saturated heterocycles. The highest BCUT2D eigenvalue weighted by Crippen LogP contribution is 2.26. The van der Waals surface area contributed by atoms with Crippen LogP contribution in [0, 0.1) is 0 Å². The Balaban J connectivity index is 5.41. The quantitative estimate of drug-likeness (QED) is 0.262. The summed E-state index contributed by atoms with van der Waals surface area (Å²) >= 11 is 0. The molecule has 0 heterocycles. The van der Waals surface area contributed by atoms with Gasteiger partial charge in [-0.25, -0.2) is 9.59 Å². The average Bonchev–Trinajstić information content (AvgIpc) is 2.46. The molecule has 0 aliphatic heterocycles. The normalized spacial score (nSPS) is 14.1. The molecular weight excluding hydrogens is 296 g/mol. The summed E-state index contributed by atoms with van der Waals surface area (Å²) in [5, 5.41) is 0. The van der Waals surface area contributed by atoms with Crippen molar-refractivity contribution >= 4 is 20.7 Å². The molecule has 8 heteroatoms. The van der Waals surface area contributed by atoms with E-state index in [1.807, 2.05) is 6.92 Å². The number of esters is 2. The smallest absolute Gasteiger partial charge is 0.461 e. The fraction of sp³-hybridized carbons (Fsp3) is 0.692. The van der Waals surface area contributed by atoms with Crippen molar-refractivity contribution in [3.05, 3.63) is 12.7 Å². The number of carbonyl (C=O) groups is 2. The SMILES string of the molecule is C=CC(=O)OC(C)(O[Si](CCC)(OC)OC)C(=O)OCC. The van der Waals surface area contributed by atoms with Gasteiger partial charge in [0.05, 0.1) is 6.61 Å². The van der Waals surface area contributed by atoms with Crippen molar-refractivity contribution in [2.75, 3.05) is 20.8 Å². The van der Waals surface area contributed by atoms with Crippen molar-refractivity contribution in [2.45, 2.75) is 39.0 Å². The predicted octanol–water partition coefficient (Wildman–Crippen LogP) is 1.65. The molecule has 1 atom stereocenters. The molecule has 0 aromatic rings. The first-order valence-electron chi connectivity index (χ1n) is 6.66. The van der Waals surface area contributed by atoms with Crippen LogP contribution in [0.25, 0.3) is 0 Å². The first kappa shape index (κ1) is 19.8. The van der Waals surface area contributed by atoms with E-state index >= 15 is 0 Å². The van der Waals surface area contributed by atoms with Crippen LogP contribution in [0.3, 0.4) is 0 Å². The lowest BCUT2D eigenvalue weighted by molar-refractivity contribution is -0.220. The number of hydrogen-bond donors (Lipinski definition) is 0. The number of carbonyl (C=O) groups excluding carboxylic acids is 2. The second-order valence-electron chi connectivity index (χ2n) is 4.23. The zero-order chi connectivity index (χ0) is 16.5. The van der Waals surface area contributed by atoms with Gasteiger partial charge in [0.2, 0.25) is 0 Å². The maximum absolute atomic E-state index is 12.1. The summed E-state index contributed by atoms with van der Waals surface area (Å²) in [4.78, 5) is 23.5. The van der Waals surface area contributed by atoms with Crippen molar-refractivity contribution in [1.29, 1.82) is 0 Å². The van der Waals surface area contributed by atoms with Gasteiger partial charge in [0.25, 0.3) is 0 Å². The second kappa shape index (κ2) is 8.93. The molecule has 0 aliphatic carbocycles. The van der Waals surface area contributed by atoms with Crippen LogP contribution >= 0.6 is 0 Å². The van der Waals surface area contributed by atoms with E-state index < -0.39 is 26.5 Å². The predicted molar refractivity (Wildman–Crippen MR) is 77.3 cm³/mol. The third kappa shape index (κ3) is 5.58. The standard InChI is InChI=1S/C13H24O7Si/c1-7-10-21(16-5,17-6)20-13(4,12(15)18-9-3)19-11(14)8-2/h8H,2,7,9-10H2,1,3-6H3. The number of rotatable bonds is 10. The summed E-state index contributed by atoms with van der Waals surface area (Å²) in [6, 6.07) is 0.459. The first-order valence-corrected chi connectivity index (χ1v) is 8.59. The van der Waals surface area contributed by atoms with Gasteiger partial charge >= 0.3 is 26.5 Å². The van der Waals surface area contributed by atoms with Crippen LogP contribution in [0.4, 0.5) is 0 Å². The lowest BCUT2D eigenvalue weighted by Gasteiger charge is -2.35. The Kier molecular flexibility index (Phi) is 8.41. The minimum atomic E-state index is -3.16. The molecule has 0 radical (unpaired) electrons. The molecule has 0 spiro atoms. The molecule has 0 N–H and O–H groups in total. The average molecular weight is 320 g/mol. The maximum Gasteiger partial charge on any atom is 0.503 e. The van der Waals surface area contributed by atoms with Crippen LogP contribution in [-0.4, -0.2) is 47.4 Å². The zero-order valence-electron chi connectivity index (χ0n) is 13.3. The third-order valence-electron chi connectivity index (χ3n) is 2.64. The van der Waals surface area contributed by atoms with E-state index in [2.05, 4.69) is 6.58 Å². The van der Waals surface area contributed by atoms with E-state index in [-0.39, 0.29) is 6.61 Å². The topological polar surface area (TPSA) is 80.3 Å². The Bertz CT molecular complexity index is 368. The molecule has 7 nitrogen and oxygen atoms in total. The largest absolute Gasteiger partial charge is 0.503 e. The van der Waals surface area contributed by atoms with Crippen molar-refractivity contribution < 1.29 is 32.3 Å². The van der Waals surface area contributed by atoms with Gasteiger partial charge in [-0.05, 0) is 6.92 Å². The van der Waals surface area contributed by atoms with E-state index in [4.69, 9.17) is 22.8 Å². The van der Waals surface area contributed by atoms with Crippen LogP contribution in [0.1, 0.15) is 27.2 Å². The van der Waals surface area contributed by atoms with E-state index in [0.717, 1.165) is 6.08 Å². The van der Waals surface area contributed by atoms with Gasteiger partial charge in [-0.3, -0.25) is 0 Å². The van der Waals surface area contributed by atoms with Crippen molar-refractivity contribution in [1.82, 2.24) is 0 Å². The highest BCUT2D eigenvalue weighted by molar-refractivity contribution is 6.60. The van der Waals surface area contributed by atoms with Gasteiger partial charge in [0.1, 0.15) is 0 Å². The zero-order valence-corrected chi connectivity index (χ0v) is 14.3. The Hall–Kier alpha value is -1.22. The van der Waals surface area contributed by atoms with Crippen molar-refractivity contribution in [3.8, 4) is 0 Å². The summed E-state index contributed by atoms with van der Waals surface area (Å²) in [5.74, 6) is -3.59. The van der Waals surface area contributed by atoms with Gasteiger partial charge in [0, 0.05) is 33.3 Å². The van der Waals surface area contributed by atoms with Crippen LogP contribution < -0.4 is 0 Å². The van der Waals surface area contributed by atoms with Crippen LogP contribution in [0.2, 0.25) is 6.04 Å². The summed E-state index contributed by atoms with van der Waals surface area (Å²) in [7, 11) is -0.317. The van der Waals surface area contributed by atoms with E-state index in [0.29, 0.717) is 12.5 Å². The molecule has 0 bridgehead atoms. The summed E-state index contributed by atoms with van der Waals surface area (Å²) in [5.41, 5.74) is 0. The number of ether oxygens (including phenoxy) is 2. The van der Waals surface area contributed by atoms with Crippen LogP contribution in [0.5, 0.6) is 0 Å². The molecule has 0 rings (SSSR count). The fourth-order valence-corrected chi connectivity index (χ4v) is 3.80. The van der Waals surface area contributed by atoms with Gasteiger partial charge in [-0.2, -0.15) is 0 Å². The summed E-state index contributed by atoms with van der Waals surface area (Å²) in [6.07, 6.45) is 1.64. The molecule has 21 heavy (non-hydrogen) atoms. The lowest BCUT2D eigenvalue weighted by atomic mass is 10.3. The molecular formula is C13H24O7Si. The molecule has 0 saturated carbocycles. The maximum atomic E-state index is 12.1. The van der Waals surface area contributed by atoms with E-state index in [1.54, 1.807) is 6.92 Å². The minimum Gasteiger partial charge on any atom is -0.461 e. The van der Waals surface area contributed by atoms with Crippen LogP contribution in [-0.2, 0) is 32.3 Å². The second-order valence-corrected chi connectivity index (χ2v) is 7.12. The Morgan fingerprint density at radius 1 is 1.24 bits per heavy atom. The van der Waals surface area contributed by atoms with Gasteiger partial charge < -0.3 is 22.8 Å². The Morgan fingerprint density at radius 2 is 1.81 bits per heavy atom.